The fourth-order valence-electron chi connectivity index (χ4n) is 2.42. The number of thiazole rings is 1. The number of rotatable bonds is 5. The molecular weight excluding hydrogens is 342 g/mol. The first-order valence-corrected chi connectivity index (χ1v) is 8.78. The lowest BCUT2D eigenvalue weighted by Crippen LogP contribution is -2.36. The highest BCUT2D eigenvalue weighted by atomic mass is 35.5. The zero-order chi connectivity index (χ0) is 17.1. The smallest absolute Gasteiger partial charge is 0.242 e. The summed E-state index contributed by atoms with van der Waals surface area (Å²) in [4.78, 5) is 20.6. The van der Waals surface area contributed by atoms with E-state index in [1.807, 2.05) is 60.5 Å². The van der Waals surface area contributed by atoms with Gasteiger partial charge >= 0.3 is 0 Å². The second kappa shape index (κ2) is 7.30. The molecule has 3 rings (SSSR count). The maximum absolute atomic E-state index is 12.5. The lowest BCUT2D eigenvalue weighted by Gasteiger charge is -2.20. The first-order valence-electron chi connectivity index (χ1n) is 7.58. The summed E-state index contributed by atoms with van der Waals surface area (Å²) in [5, 5.41) is 1.43. The van der Waals surface area contributed by atoms with Crippen LogP contribution in [-0.4, -0.2) is 36.4 Å². The van der Waals surface area contributed by atoms with Crippen LogP contribution in [0.4, 0.5) is 5.13 Å². The summed E-state index contributed by atoms with van der Waals surface area (Å²) in [5.74, 6) is 0.00334. The summed E-state index contributed by atoms with van der Waals surface area (Å²) in [7, 11) is 3.68. The molecule has 0 spiro atoms. The van der Waals surface area contributed by atoms with E-state index in [1.165, 1.54) is 11.3 Å². The fraction of sp³-hybridized carbons (Fsp3) is 0.222. The Morgan fingerprint density at radius 3 is 2.58 bits per heavy atom. The maximum atomic E-state index is 12.5. The number of carbonyl (C=O) groups is 1. The number of para-hydroxylation sites is 1. The first kappa shape index (κ1) is 16.9. The molecule has 1 aromatic heterocycles. The Hall–Kier alpha value is -1.95. The molecule has 4 nitrogen and oxygen atoms in total. The lowest BCUT2D eigenvalue weighted by molar-refractivity contribution is -0.119. The number of hydrogen-bond donors (Lipinski definition) is 0. The van der Waals surface area contributed by atoms with Gasteiger partial charge in [-0.15, -0.1) is 0 Å². The minimum absolute atomic E-state index is 0.00334. The summed E-state index contributed by atoms with van der Waals surface area (Å²) in [6, 6.07) is 15.6. The molecule has 0 aliphatic heterocycles. The Balaban J connectivity index is 1.66. The minimum Gasteiger partial charge on any atom is -0.293 e. The van der Waals surface area contributed by atoms with Crippen LogP contribution in [0.15, 0.2) is 48.5 Å². The van der Waals surface area contributed by atoms with Gasteiger partial charge in [0.1, 0.15) is 0 Å². The molecule has 3 aromatic rings. The molecule has 24 heavy (non-hydrogen) atoms. The number of anilines is 1. The highest BCUT2D eigenvalue weighted by Gasteiger charge is 2.17. The van der Waals surface area contributed by atoms with Gasteiger partial charge in [0.15, 0.2) is 5.13 Å². The summed E-state index contributed by atoms with van der Waals surface area (Å²) in [5.41, 5.74) is 1.93. The van der Waals surface area contributed by atoms with E-state index in [0.717, 1.165) is 20.8 Å². The molecule has 6 heteroatoms. The average Bonchev–Trinajstić information content (AvgIpc) is 3.00. The molecule has 0 aliphatic rings. The van der Waals surface area contributed by atoms with Gasteiger partial charge in [0.2, 0.25) is 5.91 Å². The van der Waals surface area contributed by atoms with Crippen LogP contribution < -0.4 is 4.90 Å². The maximum Gasteiger partial charge on any atom is 0.242 e. The number of likely N-dealkylation sites (N-methyl/N-ethyl adjacent to an activating group) is 2. The summed E-state index contributed by atoms with van der Waals surface area (Å²) >= 11 is 7.70. The quantitative estimate of drug-likeness (QED) is 0.689. The van der Waals surface area contributed by atoms with Crippen LogP contribution in [-0.2, 0) is 11.3 Å². The van der Waals surface area contributed by atoms with Crippen LogP contribution >= 0.6 is 22.9 Å². The highest BCUT2D eigenvalue weighted by Crippen LogP contribution is 2.27. The fourth-order valence-corrected chi connectivity index (χ4v) is 3.56. The number of benzene rings is 2. The van der Waals surface area contributed by atoms with Gasteiger partial charge in [-0.05, 0) is 30.8 Å². The number of amides is 1. The molecule has 1 amide bonds. The molecule has 0 bridgehead atoms. The number of hydrogen-bond acceptors (Lipinski definition) is 4. The van der Waals surface area contributed by atoms with E-state index in [-0.39, 0.29) is 5.91 Å². The van der Waals surface area contributed by atoms with Crippen LogP contribution in [0.1, 0.15) is 5.56 Å². The third-order valence-corrected chi connectivity index (χ3v) is 5.23. The second-order valence-corrected chi connectivity index (χ2v) is 7.10. The molecular formula is C18H18ClN3OS. The van der Waals surface area contributed by atoms with Gasteiger partial charge in [-0.25, -0.2) is 4.98 Å². The van der Waals surface area contributed by atoms with Crippen LogP contribution in [0, 0.1) is 0 Å². The van der Waals surface area contributed by atoms with Crippen molar-refractivity contribution >= 4 is 44.2 Å². The molecule has 0 radical (unpaired) electrons. The molecule has 0 aliphatic carbocycles. The van der Waals surface area contributed by atoms with E-state index < -0.39 is 0 Å². The van der Waals surface area contributed by atoms with Gasteiger partial charge < -0.3 is 0 Å². The summed E-state index contributed by atoms with van der Waals surface area (Å²) < 4.78 is 1.08. The van der Waals surface area contributed by atoms with Crippen LogP contribution in [0.3, 0.4) is 0 Å². The Kier molecular flexibility index (Phi) is 5.14. The minimum atomic E-state index is 0.00334. The largest absolute Gasteiger partial charge is 0.293 e. The van der Waals surface area contributed by atoms with Crippen molar-refractivity contribution in [3.63, 3.8) is 0 Å². The zero-order valence-corrected chi connectivity index (χ0v) is 15.1. The second-order valence-electron chi connectivity index (χ2n) is 5.68. The van der Waals surface area contributed by atoms with Crippen LogP contribution in [0.25, 0.3) is 10.2 Å². The van der Waals surface area contributed by atoms with E-state index in [9.17, 15) is 4.79 Å². The van der Waals surface area contributed by atoms with Gasteiger partial charge in [-0.3, -0.25) is 14.6 Å². The number of halogens is 1. The zero-order valence-electron chi connectivity index (χ0n) is 13.6. The molecule has 0 N–H and O–H groups in total. The predicted octanol–water partition coefficient (Wildman–Crippen LogP) is 4.04. The summed E-state index contributed by atoms with van der Waals surface area (Å²) in [6.45, 7) is 0.927. The predicted molar refractivity (Wildman–Crippen MR) is 101 cm³/mol. The molecule has 0 fully saturated rings. The van der Waals surface area contributed by atoms with Gasteiger partial charge in [-0.2, -0.15) is 0 Å². The average molecular weight is 360 g/mol. The van der Waals surface area contributed by atoms with E-state index in [4.69, 9.17) is 11.6 Å². The molecule has 0 unspecified atom stereocenters. The molecule has 2 aromatic carbocycles. The van der Waals surface area contributed by atoms with Gasteiger partial charge in [0, 0.05) is 18.6 Å². The molecule has 0 atom stereocenters. The van der Waals surface area contributed by atoms with Gasteiger partial charge in [0.25, 0.3) is 0 Å². The van der Waals surface area contributed by atoms with E-state index >= 15 is 0 Å². The van der Waals surface area contributed by atoms with Crippen molar-refractivity contribution in [1.82, 2.24) is 9.88 Å². The standard InChI is InChI=1S/C18H18ClN3OS/c1-21(11-13-7-3-4-8-14(13)19)12-17(23)22(2)18-20-15-9-5-6-10-16(15)24-18/h3-10H,11-12H2,1-2H3. The van der Waals surface area contributed by atoms with Gasteiger partial charge in [-0.1, -0.05) is 53.3 Å². The summed E-state index contributed by atoms with van der Waals surface area (Å²) in [6.07, 6.45) is 0. The van der Waals surface area contributed by atoms with Crippen LogP contribution in [0.2, 0.25) is 5.02 Å². The van der Waals surface area contributed by atoms with Crippen molar-refractivity contribution in [3.05, 3.63) is 59.1 Å². The highest BCUT2D eigenvalue weighted by molar-refractivity contribution is 7.22. The van der Waals surface area contributed by atoms with Crippen molar-refractivity contribution in [2.75, 3.05) is 25.5 Å². The molecule has 0 saturated carbocycles. The monoisotopic (exact) mass is 359 g/mol. The van der Waals surface area contributed by atoms with Crippen molar-refractivity contribution in [3.8, 4) is 0 Å². The Labute approximate surface area is 150 Å². The SMILES string of the molecule is CN(CC(=O)N(C)c1nc2ccccc2s1)Cc1ccccc1Cl. The van der Waals surface area contributed by atoms with Gasteiger partial charge in [0.05, 0.1) is 16.8 Å². The molecule has 0 saturated heterocycles. The number of carbonyl (C=O) groups excluding carboxylic acids is 1. The Morgan fingerprint density at radius 2 is 1.83 bits per heavy atom. The van der Waals surface area contributed by atoms with Crippen molar-refractivity contribution in [1.29, 1.82) is 0 Å². The Morgan fingerprint density at radius 1 is 1.12 bits per heavy atom. The lowest BCUT2D eigenvalue weighted by atomic mass is 10.2. The number of nitrogens with zero attached hydrogens (tertiary/aromatic N) is 3. The van der Waals surface area contributed by atoms with E-state index in [1.54, 1.807) is 11.9 Å². The number of aromatic nitrogens is 1. The van der Waals surface area contributed by atoms with Crippen molar-refractivity contribution in [2.24, 2.45) is 0 Å². The van der Waals surface area contributed by atoms with E-state index in [0.29, 0.717) is 18.2 Å². The first-order chi connectivity index (χ1) is 11.5. The van der Waals surface area contributed by atoms with Crippen LogP contribution in [0.5, 0.6) is 0 Å². The third kappa shape index (κ3) is 3.75. The van der Waals surface area contributed by atoms with Crippen molar-refractivity contribution < 1.29 is 4.79 Å². The number of fused-ring (bicyclic) bond motifs is 1. The topological polar surface area (TPSA) is 36.4 Å². The molecule has 124 valence electrons. The molecule has 1 heterocycles. The third-order valence-electron chi connectivity index (χ3n) is 3.75. The van der Waals surface area contributed by atoms with E-state index in [2.05, 4.69) is 4.98 Å². The normalized spacial score (nSPS) is 11.2. The Bertz CT molecular complexity index is 831. The van der Waals surface area contributed by atoms with Crippen molar-refractivity contribution in [2.45, 2.75) is 6.54 Å².